The van der Waals surface area contributed by atoms with Crippen LogP contribution in [0.4, 0.5) is 0 Å². The van der Waals surface area contributed by atoms with Gasteiger partial charge >= 0.3 is 5.97 Å². The van der Waals surface area contributed by atoms with Crippen molar-refractivity contribution in [1.82, 2.24) is 5.59 Å². The lowest BCUT2D eigenvalue weighted by molar-refractivity contribution is -0.146. The van der Waals surface area contributed by atoms with E-state index in [9.17, 15) is 4.79 Å². The van der Waals surface area contributed by atoms with Crippen molar-refractivity contribution >= 4 is 12.0 Å². The molecule has 0 unspecified atom stereocenters. The molecule has 4 nitrogen and oxygen atoms in total. The van der Waals surface area contributed by atoms with Crippen LogP contribution in [0.3, 0.4) is 0 Å². The van der Waals surface area contributed by atoms with E-state index in [1.165, 1.54) is 0 Å². The van der Waals surface area contributed by atoms with Crippen molar-refractivity contribution in [2.75, 3.05) is 0 Å². The Morgan fingerprint density at radius 1 is 1.47 bits per heavy atom. The van der Waals surface area contributed by atoms with Crippen molar-refractivity contribution < 1.29 is 9.63 Å². The molecule has 1 aromatic carbocycles. The largest absolute Gasteiger partial charge is 0.353 e. The van der Waals surface area contributed by atoms with Crippen molar-refractivity contribution in [3.05, 3.63) is 41.5 Å². The second-order valence-corrected chi connectivity index (χ2v) is 2.94. The second kappa shape index (κ2) is 5.95. The predicted molar refractivity (Wildman–Crippen MR) is 58.1 cm³/mol. The van der Waals surface area contributed by atoms with Gasteiger partial charge in [-0.25, -0.2) is 10.6 Å². The summed E-state index contributed by atoms with van der Waals surface area (Å²) < 4.78 is 0. The van der Waals surface area contributed by atoms with Gasteiger partial charge in [0.05, 0.1) is 0 Å². The molecule has 4 heteroatoms. The summed E-state index contributed by atoms with van der Waals surface area (Å²) in [7, 11) is 0. The summed E-state index contributed by atoms with van der Waals surface area (Å²) in [4.78, 5) is 15.8. The molecular formula is C11H14N2O2. The first-order chi connectivity index (χ1) is 7.27. The molecule has 1 rings (SSSR count). The number of rotatable bonds is 4. The summed E-state index contributed by atoms with van der Waals surface area (Å²) >= 11 is 0. The van der Waals surface area contributed by atoms with Crippen molar-refractivity contribution in [2.24, 2.45) is 5.84 Å². The maximum absolute atomic E-state index is 11.3. The van der Waals surface area contributed by atoms with Gasteiger partial charge in [0.25, 0.3) is 0 Å². The van der Waals surface area contributed by atoms with Crippen molar-refractivity contribution in [3.63, 3.8) is 0 Å². The summed E-state index contributed by atoms with van der Waals surface area (Å²) in [6.07, 6.45) is 2.37. The van der Waals surface area contributed by atoms with Gasteiger partial charge in [-0.15, -0.1) is 0 Å². The van der Waals surface area contributed by atoms with E-state index >= 15 is 0 Å². The van der Waals surface area contributed by atoms with E-state index in [4.69, 9.17) is 5.84 Å². The number of hydrogen-bond donors (Lipinski definition) is 2. The van der Waals surface area contributed by atoms with Crippen LogP contribution in [0.5, 0.6) is 0 Å². The Morgan fingerprint density at radius 2 is 2.13 bits per heavy atom. The number of benzene rings is 1. The van der Waals surface area contributed by atoms with Crippen LogP contribution < -0.4 is 11.4 Å². The smallest absolute Gasteiger partial charge is 0.352 e. The van der Waals surface area contributed by atoms with E-state index in [1.807, 2.05) is 42.8 Å². The lowest BCUT2D eigenvalue weighted by atomic mass is 10.1. The third kappa shape index (κ3) is 3.53. The van der Waals surface area contributed by atoms with Gasteiger partial charge in [0.2, 0.25) is 0 Å². The van der Waals surface area contributed by atoms with E-state index in [2.05, 4.69) is 4.84 Å². The van der Waals surface area contributed by atoms with E-state index < -0.39 is 5.97 Å². The summed E-state index contributed by atoms with van der Waals surface area (Å²) in [5.74, 6) is 4.44. The van der Waals surface area contributed by atoms with Crippen LogP contribution >= 0.6 is 0 Å². The van der Waals surface area contributed by atoms with Gasteiger partial charge in [0.15, 0.2) is 0 Å². The summed E-state index contributed by atoms with van der Waals surface area (Å²) in [5, 5.41) is 0. The highest BCUT2D eigenvalue weighted by molar-refractivity contribution is 5.93. The van der Waals surface area contributed by atoms with Crippen molar-refractivity contribution in [3.8, 4) is 0 Å². The summed E-state index contributed by atoms with van der Waals surface area (Å²) in [6, 6.07) is 9.57. The van der Waals surface area contributed by atoms with Crippen LogP contribution in [0.2, 0.25) is 0 Å². The standard InChI is InChI=1S/C11H14N2O2/c1-2-10(11(14)15-13-12)8-9-6-4-3-5-7-9/h3-8,13H,2,12H2,1H3. The van der Waals surface area contributed by atoms with Crippen LogP contribution in [-0.2, 0) is 9.63 Å². The van der Waals surface area contributed by atoms with Gasteiger partial charge in [-0.1, -0.05) is 42.8 Å². The van der Waals surface area contributed by atoms with Crippen molar-refractivity contribution in [2.45, 2.75) is 13.3 Å². The normalized spacial score (nSPS) is 11.2. The molecule has 0 amide bonds. The summed E-state index contributed by atoms with van der Waals surface area (Å²) in [5.41, 5.74) is 3.41. The SMILES string of the molecule is CCC(=Cc1ccccc1)C(=O)ONN. The highest BCUT2D eigenvalue weighted by atomic mass is 16.7. The number of hydrazine groups is 1. The Morgan fingerprint density at radius 3 is 2.67 bits per heavy atom. The Kier molecular flexibility index (Phi) is 4.53. The van der Waals surface area contributed by atoms with E-state index in [0.29, 0.717) is 12.0 Å². The zero-order valence-electron chi connectivity index (χ0n) is 8.57. The number of hydrogen-bond acceptors (Lipinski definition) is 4. The molecule has 0 aromatic heterocycles. The van der Waals surface area contributed by atoms with Crippen LogP contribution in [-0.4, -0.2) is 5.97 Å². The van der Waals surface area contributed by atoms with E-state index in [1.54, 1.807) is 6.08 Å². The van der Waals surface area contributed by atoms with Gasteiger partial charge in [-0.05, 0) is 18.1 Å². The van der Waals surface area contributed by atoms with Crippen molar-refractivity contribution in [1.29, 1.82) is 0 Å². The third-order valence-electron chi connectivity index (χ3n) is 1.94. The number of carbonyl (C=O) groups is 1. The molecule has 0 aliphatic carbocycles. The topological polar surface area (TPSA) is 64.3 Å². The number of nitrogens with two attached hydrogens (primary N) is 1. The van der Waals surface area contributed by atoms with Crippen LogP contribution in [0.25, 0.3) is 6.08 Å². The molecule has 0 bridgehead atoms. The maximum Gasteiger partial charge on any atom is 0.353 e. The van der Waals surface area contributed by atoms with Gasteiger partial charge < -0.3 is 4.84 Å². The summed E-state index contributed by atoms with van der Waals surface area (Å²) in [6.45, 7) is 1.88. The first-order valence-corrected chi connectivity index (χ1v) is 4.70. The molecule has 15 heavy (non-hydrogen) atoms. The molecule has 0 saturated heterocycles. The first-order valence-electron chi connectivity index (χ1n) is 4.70. The molecular weight excluding hydrogens is 192 g/mol. The lowest BCUT2D eigenvalue weighted by Gasteiger charge is -2.03. The molecule has 0 atom stereocenters. The molecule has 0 spiro atoms. The highest BCUT2D eigenvalue weighted by Gasteiger charge is 2.08. The third-order valence-corrected chi connectivity index (χ3v) is 1.94. The van der Waals surface area contributed by atoms with Crippen LogP contribution in [0, 0.1) is 0 Å². The fourth-order valence-corrected chi connectivity index (χ4v) is 1.17. The minimum atomic E-state index is -0.455. The molecule has 0 radical (unpaired) electrons. The molecule has 0 saturated carbocycles. The number of nitrogens with one attached hydrogen (secondary N) is 1. The minimum Gasteiger partial charge on any atom is -0.352 e. The minimum absolute atomic E-state index is 0.455. The van der Waals surface area contributed by atoms with Crippen LogP contribution in [0.15, 0.2) is 35.9 Å². The molecule has 3 N–H and O–H groups in total. The van der Waals surface area contributed by atoms with Gasteiger partial charge in [0.1, 0.15) is 0 Å². The second-order valence-electron chi connectivity index (χ2n) is 2.94. The zero-order chi connectivity index (χ0) is 11.1. The quantitative estimate of drug-likeness (QED) is 0.444. The van der Waals surface area contributed by atoms with Crippen LogP contribution in [0.1, 0.15) is 18.9 Å². The fourth-order valence-electron chi connectivity index (χ4n) is 1.17. The number of carbonyl (C=O) groups excluding carboxylic acids is 1. The molecule has 0 heterocycles. The Hall–Kier alpha value is -1.65. The fraction of sp³-hybridized carbons (Fsp3) is 0.182. The molecule has 1 aromatic rings. The predicted octanol–water partition coefficient (Wildman–Crippen LogP) is 1.40. The maximum atomic E-state index is 11.3. The monoisotopic (exact) mass is 206 g/mol. The van der Waals surface area contributed by atoms with E-state index in [-0.39, 0.29) is 0 Å². The van der Waals surface area contributed by atoms with Gasteiger partial charge in [-0.2, -0.15) is 0 Å². The zero-order valence-corrected chi connectivity index (χ0v) is 8.57. The molecule has 80 valence electrons. The highest BCUT2D eigenvalue weighted by Crippen LogP contribution is 2.10. The van der Waals surface area contributed by atoms with Gasteiger partial charge in [0, 0.05) is 5.57 Å². The molecule has 0 aliphatic rings. The first kappa shape index (κ1) is 11.4. The average molecular weight is 206 g/mol. The Balaban J connectivity index is 2.83. The average Bonchev–Trinajstić information content (AvgIpc) is 2.27. The molecule has 0 aliphatic heterocycles. The van der Waals surface area contributed by atoms with E-state index in [0.717, 1.165) is 5.56 Å². The Labute approximate surface area is 88.7 Å². The lowest BCUT2D eigenvalue weighted by Crippen LogP contribution is -2.26. The van der Waals surface area contributed by atoms with Gasteiger partial charge in [-0.3, -0.25) is 0 Å². The Bertz CT molecular complexity index is 347. The molecule has 0 fully saturated rings.